The van der Waals surface area contributed by atoms with Crippen molar-refractivity contribution in [3.63, 3.8) is 0 Å². The van der Waals surface area contributed by atoms with Crippen LogP contribution in [0.1, 0.15) is 12.6 Å². The molecule has 1 aromatic rings. The molecule has 0 aliphatic rings. The Labute approximate surface area is 92.6 Å². The second-order valence-electron chi connectivity index (χ2n) is 3.15. The molecule has 1 amide bonds. The zero-order valence-electron chi connectivity index (χ0n) is 8.65. The molecule has 6 heteroatoms. The highest BCUT2D eigenvalue weighted by molar-refractivity contribution is 6.29. The number of aromatic nitrogens is 2. The molecule has 1 rings (SSSR count). The van der Waals surface area contributed by atoms with E-state index in [0.717, 1.165) is 5.69 Å². The quantitative estimate of drug-likeness (QED) is 0.736. The van der Waals surface area contributed by atoms with Gasteiger partial charge in [0.05, 0.1) is 18.6 Å². The van der Waals surface area contributed by atoms with Gasteiger partial charge in [-0.15, -0.1) is 0 Å². The lowest BCUT2D eigenvalue weighted by atomic mass is 10.4. The maximum Gasteiger partial charge on any atom is 0.273 e. The van der Waals surface area contributed by atoms with Crippen molar-refractivity contribution in [3.8, 4) is 0 Å². The Morgan fingerprint density at radius 2 is 2.47 bits per heavy atom. The number of aryl methyl sites for hydroxylation is 1. The predicted molar refractivity (Wildman–Crippen MR) is 55.0 cm³/mol. The molecule has 0 spiro atoms. The number of halogens is 2. The fraction of sp³-hybridized carbons (Fsp3) is 0.556. The third-order valence-corrected chi connectivity index (χ3v) is 2.34. The molecule has 0 fully saturated rings. The Balaban J connectivity index is 2.70. The number of alkyl halides is 2. The first-order valence-corrected chi connectivity index (χ1v) is 5.02. The van der Waals surface area contributed by atoms with Gasteiger partial charge >= 0.3 is 0 Å². The Morgan fingerprint density at radius 3 is 2.87 bits per heavy atom. The fourth-order valence-electron chi connectivity index (χ4n) is 1.22. The Morgan fingerprint density at radius 1 is 1.80 bits per heavy atom. The van der Waals surface area contributed by atoms with Gasteiger partial charge in [-0.25, -0.2) is 9.37 Å². The number of hydrogen-bond donors (Lipinski definition) is 0. The maximum atomic E-state index is 12.6. The normalized spacial score (nSPS) is 12.5. The topological polar surface area (TPSA) is 38.1 Å². The van der Waals surface area contributed by atoms with Crippen LogP contribution in [-0.4, -0.2) is 32.5 Å². The van der Waals surface area contributed by atoms with Crippen LogP contribution in [0.5, 0.6) is 0 Å². The summed E-state index contributed by atoms with van der Waals surface area (Å²) in [4.78, 5) is 16.6. The van der Waals surface area contributed by atoms with Crippen molar-refractivity contribution in [1.29, 1.82) is 0 Å². The summed E-state index contributed by atoms with van der Waals surface area (Å²) in [7, 11) is 1.81. The molecule has 0 saturated heterocycles. The molecular formula is C9H13ClFN3O. The first-order chi connectivity index (χ1) is 7.06. The number of amides is 1. The van der Waals surface area contributed by atoms with E-state index in [4.69, 9.17) is 11.6 Å². The average Bonchev–Trinajstić information content (AvgIpc) is 2.59. The van der Waals surface area contributed by atoms with Crippen molar-refractivity contribution < 1.29 is 9.18 Å². The number of imidazole rings is 1. The molecule has 0 radical (unpaired) electrons. The van der Waals surface area contributed by atoms with Crippen molar-refractivity contribution in [2.24, 2.45) is 7.05 Å². The molecule has 15 heavy (non-hydrogen) atoms. The van der Waals surface area contributed by atoms with E-state index in [1.54, 1.807) is 24.0 Å². The molecule has 84 valence electrons. The van der Waals surface area contributed by atoms with Crippen LogP contribution in [-0.2, 0) is 18.4 Å². The predicted octanol–water partition coefficient (Wildman–Crippen LogP) is 1.30. The molecular weight excluding hydrogens is 221 g/mol. The summed E-state index contributed by atoms with van der Waals surface area (Å²) in [6.45, 7) is 2.50. The highest BCUT2D eigenvalue weighted by Crippen LogP contribution is 2.08. The minimum absolute atomic E-state index is 0.318. The average molecular weight is 234 g/mol. The molecule has 0 aliphatic heterocycles. The minimum Gasteiger partial charge on any atom is -0.336 e. The molecule has 0 saturated carbocycles. The van der Waals surface area contributed by atoms with Gasteiger partial charge in [-0.2, -0.15) is 0 Å². The van der Waals surface area contributed by atoms with Crippen LogP contribution in [0.25, 0.3) is 0 Å². The van der Waals surface area contributed by atoms with Crippen LogP contribution in [0, 0.1) is 0 Å². The lowest BCUT2D eigenvalue weighted by Crippen LogP contribution is -2.35. The van der Waals surface area contributed by atoms with Crippen molar-refractivity contribution in [3.05, 3.63) is 18.2 Å². The number of carbonyl (C=O) groups is 1. The highest BCUT2D eigenvalue weighted by Gasteiger charge is 2.21. The van der Waals surface area contributed by atoms with Gasteiger partial charge in [0.15, 0.2) is 0 Å². The Hall–Kier alpha value is -1.10. The third kappa shape index (κ3) is 2.92. The van der Waals surface area contributed by atoms with Crippen molar-refractivity contribution in [2.75, 3.05) is 6.54 Å². The number of carbonyl (C=O) groups excluding carboxylic acids is 1. The van der Waals surface area contributed by atoms with Crippen LogP contribution >= 0.6 is 11.6 Å². The summed E-state index contributed by atoms with van der Waals surface area (Å²) in [5.41, 5.74) is -1.14. The first kappa shape index (κ1) is 12.0. The van der Waals surface area contributed by atoms with Gasteiger partial charge in [0.25, 0.3) is 11.5 Å². The summed E-state index contributed by atoms with van der Waals surface area (Å²) < 4.78 is 14.4. The molecule has 1 heterocycles. The van der Waals surface area contributed by atoms with E-state index in [9.17, 15) is 9.18 Å². The van der Waals surface area contributed by atoms with Crippen LogP contribution in [0.15, 0.2) is 12.5 Å². The van der Waals surface area contributed by atoms with Crippen LogP contribution in [0.2, 0.25) is 0 Å². The van der Waals surface area contributed by atoms with E-state index in [1.165, 1.54) is 4.90 Å². The number of hydrogen-bond acceptors (Lipinski definition) is 2. The smallest absolute Gasteiger partial charge is 0.273 e. The third-order valence-electron chi connectivity index (χ3n) is 2.15. The maximum absolute atomic E-state index is 12.6. The molecule has 1 unspecified atom stereocenters. The standard InChI is InChI=1S/C9H13ClFN3O/c1-3-14(9(15)8(10)11)5-7-4-12-6-13(7)2/h4,6,8H,3,5H2,1-2H3. The van der Waals surface area contributed by atoms with Gasteiger partial charge in [-0.05, 0) is 6.92 Å². The van der Waals surface area contributed by atoms with E-state index in [-0.39, 0.29) is 0 Å². The van der Waals surface area contributed by atoms with Gasteiger partial charge in [0.2, 0.25) is 0 Å². The lowest BCUT2D eigenvalue weighted by molar-refractivity contribution is -0.134. The summed E-state index contributed by atoms with van der Waals surface area (Å²) in [5, 5.41) is 0. The molecule has 4 nitrogen and oxygen atoms in total. The lowest BCUT2D eigenvalue weighted by Gasteiger charge is -2.20. The summed E-state index contributed by atoms with van der Waals surface area (Å²) in [6.07, 6.45) is 3.26. The molecule has 0 bridgehead atoms. The van der Waals surface area contributed by atoms with Gasteiger partial charge in [-0.1, -0.05) is 11.6 Å². The SMILES string of the molecule is CCN(Cc1cncn1C)C(=O)C(F)Cl. The molecule has 0 N–H and O–H groups in total. The molecule has 1 aromatic heterocycles. The summed E-state index contributed by atoms with van der Waals surface area (Å²) >= 11 is 5.10. The number of nitrogens with zero attached hydrogens (tertiary/aromatic N) is 3. The van der Waals surface area contributed by atoms with Crippen LogP contribution < -0.4 is 0 Å². The summed E-state index contributed by atoms with van der Waals surface area (Å²) in [5.74, 6) is -0.708. The van der Waals surface area contributed by atoms with Crippen molar-refractivity contribution >= 4 is 17.5 Å². The second-order valence-corrected chi connectivity index (χ2v) is 3.53. The second kappa shape index (κ2) is 5.11. The minimum atomic E-state index is -1.97. The fourth-order valence-corrected chi connectivity index (χ4v) is 1.35. The zero-order chi connectivity index (χ0) is 11.4. The number of rotatable bonds is 4. The van der Waals surface area contributed by atoms with Gasteiger partial charge in [0.1, 0.15) is 0 Å². The molecule has 0 aliphatic carbocycles. The molecule has 0 aromatic carbocycles. The van der Waals surface area contributed by atoms with E-state index in [1.807, 2.05) is 7.05 Å². The first-order valence-electron chi connectivity index (χ1n) is 4.58. The van der Waals surface area contributed by atoms with Crippen LogP contribution in [0.4, 0.5) is 4.39 Å². The van der Waals surface area contributed by atoms with Crippen LogP contribution in [0.3, 0.4) is 0 Å². The van der Waals surface area contributed by atoms with E-state index in [0.29, 0.717) is 13.1 Å². The summed E-state index contributed by atoms with van der Waals surface area (Å²) in [6, 6.07) is 0. The monoisotopic (exact) mass is 233 g/mol. The largest absolute Gasteiger partial charge is 0.336 e. The Bertz CT molecular complexity index is 340. The van der Waals surface area contributed by atoms with Gasteiger partial charge in [0, 0.05) is 19.8 Å². The van der Waals surface area contributed by atoms with E-state index < -0.39 is 11.5 Å². The van der Waals surface area contributed by atoms with E-state index in [2.05, 4.69) is 4.98 Å². The van der Waals surface area contributed by atoms with Crippen molar-refractivity contribution in [2.45, 2.75) is 19.1 Å². The van der Waals surface area contributed by atoms with E-state index >= 15 is 0 Å². The van der Waals surface area contributed by atoms with Gasteiger partial charge in [-0.3, -0.25) is 4.79 Å². The Kier molecular flexibility index (Phi) is 4.08. The molecule has 1 atom stereocenters. The zero-order valence-corrected chi connectivity index (χ0v) is 9.41. The van der Waals surface area contributed by atoms with Crippen molar-refractivity contribution in [1.82, 2.24) is 14.5 Å². The highest BCUT2D eigenvalue weighted by atomic mass is 35.5. The van der Waals surface area contributed by atoms with Gasteiger partial charge < -0.3 is 9.47 Å².